The van der Waals surface area contributed by atoms with Crippen molar-refractivity contribution in [1.82, 2.24) is 4.98 Å². The number of carbonyl (C=O) groups is 1. The van der Waals surface area contributed by atoms with Gasteiger partial charge in [0.2, 0.25) is 0 Å². The highest BCUT2D eigenvalue weighted by Crippen LogP contribution is 2.36. The van der Waals surface area contributed by atoms with Crippen molar-refractivity contribution in [1.29, 1.82) is 0 Å². The number of pyridine rings is 1. The predicted molar refractivity (Wildman–Crippen MR) is 56.6 cm³/mol. The van der Waals surface area contributed by atoms with Crippen molar-refractivity contribution < 1.29 is 9.53 Å². The van der Waals surface area contributed by atoms with Crippen LogP contribution >= 0.6 is 0 Å². The highest BCUT2D eigenvalue weighted by molar-refractivity contribution is 5.75. The summed E-state index contributed by atoms with van der Waals surface area (Å²) in [7, 11) is 0. The number of carbonyl (C=O) groups excluding carboxylic acids is 1. The van der Waals surface area contributed by atoms with Crippen molar-refractivity contribution in [3.8, 4) is 0 Å². The maximum absolute atomic E-state index is 11.0. The molecule has 0 aliphatic carbocycles. The van der Waals surface area contributed by atoms with E-state index in [0.29, 0.717) is 6.42 Å². The van der Waals surface area contributed by atoms with E-state index in [-0.39, 0.29) is 11.2 Å². The molecule has 3 nitrogen and oxygen atoms in total. The molecular weight excluding hydrogens is 190 g/mol. The summed E-state index contributed by atoms with van der Waals surface area (Å²) in [6.07, 6.45) is 5.10. The summed E-state index contributed by atoms with van der Waals surface area (Å²) in [5.74, 6) is 0.246. The van der Waals surface area contributed by atoms with Gasteiger partial charge in [-0.15, -0.1) is 0 Å². The first-order chi connectivity index (χ1) is 7.23. The van der Waals surface area contributed by atoms with Crippen molar-refractivity contribution in [3.63, 3.8) is 0 Å². The van der Waals surface area contributed by atoms with Crippen LogP contribution in [-0.2, 0) is 14.9 Å². The number of ketones is 1. The molecule has 1 aromatic heterocycles. The maximum Gasteiger partial charge on any atom is 0.129 e. The van der Waals surface area contributed by atoms with E-state index in [0.717, 1.165) is 19.6 Å². The lowest BCUT2D eigenvalue weighted by Crippen LogP contribution is -2.46. The van der Waals surface area contributed by atoms with Gasteiger partial charge in [-0.25, -0.2) is 0 Å². The van der Waals surface area contributed by atoms with E-state index in [9.17, 15) is 4.79 Å². The van der Waals surface area contributed by atoms with Crippen molar-refractivity contribution in [3.05, 3.63) is 30.1 Å². The molecule has 1 aromatic rings. The number of hydrogen-bond donors (Lipinski definition) is 0. The minimum absolute atomic E-state index is 0.0641. The van der Waals surface area contributed by atoms with Gasteiger partial charge in [0.25, 0.3) is 0 Å². The summed E-state index contributed by atoms with van der Waals surface area (Å²) in [5, 5.41) is 0. The Morgan fingerprint density at radius 1 is 1.47 bits per heavy atom. The lowest BCUT2D eigenvalue weighted by Gasteiger charge is -2.42. The second-order valence-electron chi connectivity index (χ2n) is 4.21. The molecule has 0 amide bonds. The zero-order valence-corrected chi connectivity index (χ0v) is 8.90. The molecule has 2 heterocycles. The van der Waals surface area contributed by atoms with Crippen LogP contribution in [0.1, 0.15) is 25.3 Å². The smallest absolute Gasteiger partial charge is 0.129 e. The SMILES string of the molecule is CC(=O)CCC1(c2ccncc2)COC1. The van der Waals surface area contributed by atoms with Crippen LogP contribution in [0.15, 0.2) is 24.5 Å². The predicted octanol–water partition coefficient (Wildman–Crippen LogP) is 1.72. The van der Waals surface area contributed by atoms with Gasteiger partial charge in [0.15, 0.2) is 0 Å². The van der Waals surface area contributed by atoms with E-state index in [4.69, 9.17) is 4.74 Å². The third-order valence-electron chi connectivity index (χ3n) is 3.01. The van der Waals surface area contributed by atoms with Crippen LogP contribution in [0, 0.1) is 0 Å². The van der Waals surface area contributed by atoms with Crippen molar-refractivity contribution in [2.24, 2.45) is 0 Å². The molecular formula is C12H15NO2. The Labute approximate surface area is 89.5 Å². The summed E-state index contributed by atoms with van der Waals surface area (Å²) < 4.78 is 5.29. The monoisotopic (exact) mass is 205 g/mol. The fraction of sp³-hybridized carbons (Fsp3) is 0.500. The van der Waals surface area contributed by atoms with Crippen LogP contribution in [0.3, 0.4) is 0 Å². The molecule has 80 valence electrons. The largest absolute Gasteiger partial charge is 0.379 e. The molecule has 1 fully saturated rings. The third kappa shape index (κ3) is 2.07. The highest BCUT2D eigenvalue weighted by atomic mass is 16.5. The minimum Gasteiger partial charge on any atom is -0.379 e. The van der Waals surface area contributed by atoms with Gasteiger partial charge < -0.3 is 9.53 Å². The van der Waals surface area contributed by atoms with E-state index in [2.05, 4.69) is 4.98 Å². The van der Waals surface area contributed by atoms with Crippen LogP contribution in [0.25, 0.3) is 0 Å². The van der Waals surface area contributed by atoms with Crippen molar-refractivity contribution in [2.75, 3.05) is 13.2 Å². The van der Waals surface area contributed by atoms with E-state index in [1.54, 1.807) is 19.3 Å². The van der Waals surface area contributed by atoms with Gasteiger partial charge in [0.05, 0.1) is 13.2 Å². The van der Waals surface area contributed by atoms with Gasteiger partial charge in [0.1, 0.15) is 5.78 Å². The van der Waals surface area contributed by atoms with Crippen LogP contribution < -0.4 is 0 Å². The first kappa shape index (κ1) is 10.3. The van der Waals surface area contributed by atoms with Crippen LogP contribution in [0.5, 0.6) is 0 Å². The first-order valence-corrected chi connectivity index (χ1v) is 5.21. The number of hydrogen-bond acceptors (Lipinski definition) is 3. The summed E-state index contributed by atoms with van der Waals surface area (Å²) in [5.41, 5.74) is 1.30. The molecule has 0 saturated carbocycles. The Morgan fingerprint density at radius 2 is 2.13 bits per heavy atom. The lowest BCUT2D eigenvalue weighted by atomic mass is 9.75. The standard InChI is InChI=1S/C12H15NO2/c1-10(14)2-5-12(8-15-9-12)11-3-6-13-7-4-11/h3-4,6-7H,2,5,8-9H2,1H3. The van der Waals surface area contributed by atoms with E-state index in [1.165, 1.54) is 5.56 Å². The summed E-state index contributed by atoms with van der Waals surface area (Å²) in [6, 6.07) is 4.03. The fourth-order valence-corrected chi connectivity index (χ4v) is 1.92. The maximum atomic E-state index is 11.0. The Bertz CT molecular complexity index is 344. The van der Waals surface area contributed by atoms with Crippen LogP contribution in [-0.4, -0.2) is 24.0 Å². The van der Waals surface area contributed by atoms with Gasteiger partial charge >= 0.3 is 0 Å². The van der Waals surface area contributed by atoms with Crippen molar-refractivity contribution in [2.45, 2.75) is 25.2 Å². The molecule has 1 saturated heterocycles. The number of Topliss-reactive ketones (excluding diaryl/α,β-unsaturated/α-hetero) is 1. The normalized spacial score (nSPS) is 18.2. The Morgan fingerprint density at radius 3 is 2.60 bits per heavy atom. The number of ether oxygens (including phenoxy) is 1. The van der Waals surface area contributed by atoms with Gasteiger partial charge in [-0.1, -0.05) is 0 Å². The molecule has 0 spiro atoms. The molecule has 0 atom stereocenters. The molecule has 0 aromatic carbocycles. The zero-order valence-electron chi connectivity index (χ0n) is 8.90. The van der Waals surface area contributed by atoms with E-state index >= 15 is 0 Å². The minimum atomic E-state index is 0.0641. The summed E-state index contributed by atoms with van der Waals surface area (Å²) >= 11 is 0. The molecule has 0 bridgehead atoms. The topological polar surface area (TPSA) is 39.2 Å². The lowest BCUT2D eigenvalue weighted by molar-refractivity contribution is -0.119. The molecule has 1 aliphatic rings. The first-order valence-electron chi connectivity index (χ1n) is 5.21. The van der Waals surface area contributed by atoms with Crippen molar-refractivity contribution >= 4 is 5.78 Å². The zero-order chi connectivity index (χ0) is 10.7. The molecule has 0 N–H and O–H groups in total. The summed E-state index contributed by atoms with van der Waals surface area (Å²) in [4.78, 5) is 15.0. The third-order valence-corrected chi connectivity index (χ3v) is 3.01. The number of nitrogens with zero attached hydrogens (tertiary/aromatic N) is 1. The summed E-state index contributed by atoms with van der Waals surface area (Å²) in [6.45, 7) is 3.09. The number of rotatable bonds is 4. The Hall–Kier alpha value is -1.22. The highest BCUT2D eigenvalue weighted by Gasteiger charge is 2.39. The quantitative estimate of drug-likeness (QED) is 0.751. The van der Waals surface area contributed by atoms with Crippen LogP contribution in [0.2, 0.25) is 0 Å². The Kier molecular flexibility index (Phi) is 2.82. The molecule has 0 radical (unpaired) electrons. The second kappa shape index (κ2) is 4.11. The van der Waals surface area contributed by atoms with Gasteiger partial charge in [-0.3, -0.25) is 4.98 Å². The van der Waals surface area contributed by atoms with Gasteiger partial charge in [0, 0.05) is 24.2 Å². The number of aromatic nitrogens is 1. The molecule has 0 unspecified atom stereocenters. The van der Waals surface area contributed by atoms with Gasteiger partial charge in [-0.2, -0.15) is 0 Å². The fourth-order valence-electron chi connectivity index (χ4n) is 1.92. The molecule has 1 aliphatic heterocycles. The van der Waals surface area contributed by atoms with E-state index < -0.39 is 0 Å². The van der Waals surface area contributed by atoms with Gasteiger partial charge in [-0.05, 0) is 31.0 Å². The molecule has 3 heteroatoms. The molecule has 2 rings (SSSR count). The average molecular weight is 205 g/mol. The molecule has 15 heavy (non-hydrogen) atoms. The van der Waals surface area contributed by atoms with E-state index in [1.807, 2.05) is 12.1 Å². The Balaban J connectivity index is 2.12. The van der Waals surface area contributed by atoms with Crippen LogP contribution in [0.4, 0.5) is 0 Å². The second-order valence-corrected chi connectivity index (χ2v) is 4.21. The average Bonchev–Trinajstić information content (AvgIpc) is 2.17.